The zero-order valence-corrected chi connectivity index (χ0v) is 11.6. The minimum absolute atomic E-state index is 0.693. The SMILES string of the molecule is CSC(C)CNCc1ccc(I)cc1. The molecule has 0 saturated heterocycles. The second kappa shape index (κ2) is 6.69. The molecule has 78 valence electrons. The van der Waals surface area contributed by atoms with Crippen molar-refractivity contribution in [2.75, 3.05) is 12.8 Å². The van der Waals surface area contributed by atoms with Crippen LogP contribution >= 0.6 is 34.4 Å². The topological polar surface area (TPSA) is 12.0 Å². The minimum atomic E-state index is 0.693. The first kappa shape index (κ1) is 12.3. The summed E-state index contributed by atoms with van der Waals surface area (Å²) in [6.45, 7) is 4.29. The number of hydrogen-bond acceptors (Lipinski definition) is 2. The Kier molecular flexibility index (Phi) is 5.89. The van der Waals surface area contributed by atoms with Gasteiger partial charge < -0.3 is 5.32 Å². The average Bonchev–Trinajstić information content (AvgIpc) is 2.21. The summed E-state index contributed by atoms with van der Waals surface area (Å²) < 4.78 is 1.30. The number of nitrogens with one attached hydrogen (secondary N) is 1. The lowest BCUT2D eigenvalue weighted by Crippen LogP contribution is -2.21. The van der Waals surface area contributed by atoms with E-state index in [0.29, 0.717) is 5.25 Å². The van der Waals surface area contributed by atoms with Crippen LogP contribution in [-0.4, -0.2) is 18.1 Å². The summed E-state index contributed by atoms with van der Waals surface area (Å²) in [6, 6.07) is 8.65. The van der Waals surface area contributed by atoms with Gasteiger partial charge in [0, 0.05) is 21.9 Å². The lowest BCUT2D eigenvalue weighted by molar-refractivity contribution is 0.684. The summed E-state index contributed by atoms with van der Waals surface area (Å²) in [5.41, 5.74) is 1.36. The normalized spacial score (nSPS) is 12.8. The number of halogens is 1. The van der Waals surface area contributed by atoms with Gasteiger partial charge in [0.25, 0.3) is 0 Å². The molecule has 1 rings (SSSR count). The summed E-state index contributed by atoms with van der Waals surface area (Å²) in [5.74, 6) is 0. The largest absolute Gasteiger partial charge is 0.312 e. The van der Waals surface area contributed by atoms with Gasteiger partial charge in [-0.1, -0.05) is 19.1 Å². The molecule has 0 aliphatic carbocycles. The average molecular weight is 321 g/mol. The molecule has 1 nitrogen and oxygen atoms in total. The molecular formula is C11H16INS. The van der Waals surface area contributed by atoms with Crippen LogP contribution in [0.25, 0.3) is 0 Å². The molecule has 3 heteroatoms. The third-order valence-electron chi connectivity index (χ3n) is 2.08. The standard InChI is InChI=1S/C11H16INS/c1-9(14-2)7-13-8-10-3-5-11(12)6-4-10/h3-6,9,13H,7-8H2,1-2H3. The number of rotatable bonds is 5. The van der Waals surface area contributed by atoms with Crippen LogP contribution in [0.3, 0.4) is 0 Å². The molecule has 0 aromatic heterocycles. The van der Waals surface area contributed by atoms with E-state index >= 15 is 0 Å². The quantitative estimate of drug-likeness (QED) is 0.836. The maximum Gasteiger partial charge on any atom is 0.0205 e. The second-order valence-corrected chi connectivity index (χ2v) is 5.83. The van der Waals surface area contributed by atoms with E-state index in [4.69, 9.17) is 0 Å². The van der Waals surface area contributed by atoms with Crippen LogP contribution in [0.5, 0.6) is 0 Å². The first-order chi connectivity index (χ1) is 6.72. The van der Waals surface area contributed by atoms with Gasteiger partial charge in [-0.05, 0) is 46.5 Å². The molecule has 1 aromatic carbocycles. The number of thioether (sulfide) groups is 1. The van der Waals surface area contributed by atoms with Gasteiger partial charge in [0.15, 0.2) is 0 Å². The van der Waals surface area contributed by atoms with Crippen LogP contribution in [-0.2, 0) is 6.54 Å². The van der Waals surface area contributed by atoms with E-state index in [2.05, 4.69) is 65.4 Å². The Morgan fingerprint density at radius 1 is 1.36 bits per heavy atom. The Morgan fingerprint density at radius 2 is 2.00 bits per heavy atom. The summed E-state index contributed by atoms with van der Waals surface area (Å²) >= 11 is 4.23. The van der Waals surface area contributed by atoms with Crippen molar-refractivity contribution >= 4 is 34.4 Å². The molecular weight excluding hydrogens is 305 g/mol. The van der Waals surface area contributed by atoms with Crippen LogP contribution in [0.2, 0.25) is 0 Å². The lowest BCUT2D eigenvalue weighted by Gasteiger charge is -2.09. The molecule has 0 saturated carbocycles. The summed E-state index contributed by atoms with van der Waals surface area (Å²) in [4.78, 5) is 0. The Labute approximate surface area is 104 Å². The van der Waals surface area contributed by atoms with E-state index in [1.807, 2.05) is 11.8 Å². The van der Waals surface area contributed by atoms with Crippen LogP contribution in [0.4, 0.5) is 0 Å². The maximum absolute atomic E-state index is 3.45. The van der Waals surface area contributed by atoms with E-state index in [0.717, 1.165) is 13.1 Å². The van der Waals surface area contributed by atoms with E-state index in [1.54, 1.807) is 0 Å². The fraction of sp³-hybridized carbons (Fsp3) is 0.455. The van der Waals surface area contributed by atoms with Crippen LogP contribution in [0.15, 0.2) is 24.3 Å². The highest BCUT2D eigenvalue weighted by Crippen LogP contribution is 2.07. The van der Waals surface area contributed by atoms with Crippen LogP contribution in [0.1, 0.15) is 12.5 Å². The van der Waals surface area contributed by atoms with Crippen molar-refractivity contribution in [3.63, 3.8) is 0 Å². The van der Waals surface area contributed by atoms with Crippen molar-refractivity contribution in [1.82, 2.24) is 5.32 Å². The van der Waals surface area contributed by atoms with Gasteiger partial charge in [-0.15, -0.1) is 0 Å². The van der Waals surface area contributed by atoms with Gasteiger partial charge in [-0.3, -0.25) is 0 Å². The van der Waals surface area contributed by atoms with Crippen molar-refractivity contribution < 1.29 is 0 Å². The highest BCUT2D eigenvalue weighted by atomic mass is 127. The van der Waals surface area contributed by atoms with Crippen molar-refractivity contribution in [2.45, 2.75) is 18.7 Å². The molecule has 0 spiro atoms. The third-order valence-corrected chi connectivity index (χ3v) is 3.77. The Morgan fingerprint density at radius 3 is 2.57 bits per heavy atom. The minimum Gasteiger partial charge on any atom is -0.312 e. The van der Waals surface area contributed by atoms with Gasteiger partial charge in [0.2, 0.25) is 0 Å². The zero-order valence-electron chi connectivity index (χ0n) is 8.59. The summed E-state index contributed by atoms with van der Waals surface area (Å²) in [7, 11) is 0. The van der Waals surface area contributed by atoms with E-state index in [9.17, 15) is 0 Å². The number of hydrogen-bond donors (Lipinski definition) is 1. The predicted octanol–water partition coefficient (Wildman–Crippen LogP) is 3.13. The van der Waals surface area contributed by atoms with Crippen LogP contribution in [0, 0.1) is 3.57 Å². The van der Waals surface area contributed by atoms with Gasteiger partial charge >= 0.3 is 0 Å². The van der Waals surface area contributed by atoms with Crippen molar-refractivity contribution in [3.05, 3.63) is 33.4 Å². The van der Waals surface area contributed by atoms with E-state index in [-0.39, 0.29) is 0 Å². The molecule has 1 atom stereocenters. The fourth-order valence-electron chi connectivity index (χ4n) is 1.11. The monoisotopic (exact) mass is 321 g/mol. The highest BCUT2D eigenvalue weighted by Gasteiger charge is 1.98. The summed E-state index contributed by atoms with van der Waals surface area (Å²) in [6.07, 6.45) is 2.15. The summed E-state index contributed by atoms with van der Waals surface area (Å²) in [5, 5.41) is 4.14. The maximum atomic E-state index is 3.45. The van der Waals surface area contributed by atoms with Crippen molar-refractivity contribution in [1.29, 1.82) is 0 Å². The molecule has 0 bridgehead atoms. The first-order valence-corrected chi connectivity index (χ1v) is 7.07. The molecule has 1 aromatic rings. The van der Waals surface area contributed by atoms with Crippen LogP contribution < -0.4 is 5.32 Å². The highest BCUT2D eigenvalue weighted by molar-refractivity contribution is 14.1. The molecule has 0 fully saturated rings. The molecule has 0 heterocycles. The Bertz CT molecular complexity index is 260. The molecule has 1 N–H and O–H groups in total. The molecule has 0 amide bonds. The lowest BCUT2D eigenvalue weighted by atomic mass is 10.2. The number of benzene rings is 1. The smallest absolute Gasteiger partial charge is 0.0205 e. The predicted molar refractivity (Wildman–Crippen MR) is 73.8 cm³/mol. The fourth-order valence-corrected chi connectivity index (χ4v) is 1.75. The first-order valence-electron chi connectivity index (χ1n) is 4.70. The Balaban J connectivity index is 2.28. The molecule has 1 unspecified atom stereocenters. The Hall–Kier alpha value is 0.260. The van der Waals surface area contributed by atoms with Gasteiger partial charge in [-0.25, -0.2) is 0 Å². The zero-order chi connectivity index (χ0) is 10.4. The van der Waals surface area contributed by atoms with Crippen molar-refractivity contribution in [2.24, 2.45) is 0 Å². The molecule has 0 radical (unpaired) electrons. The molecule has 0 aliphatic heterocycles. The second-order valence-electron chi connectivity index (χ2n) is 3.30. The van der Waals surface area contributed by atoms with Gasteiger partial charge in [0.05, 0.1) is 0 Å². The third kappa shape index (κ3) is 4.66. The van der Waals surface area contributed by atoms with Crippen molar-refractivity contribution in [3.8, 4) is 0 Å². The van der Waals surface area contributed by atoms with E-state index < -0.39 is 0 Å². The molecule has 0 aliphatic rings. The van der Waals surface area contributed by atoms with Gasteiger partial charge in [0.1, 0.15) is 0 Å². The molecule has 14 heavy (non-hydrogen) atoms. The van der Waals surface area contributed by atoms with E-state index in [1.165, 1.54) is 9.13 Å². The van der Waals surface area contributed by atoms with Gasteiger partial charge in [-0.2, -0.15) is 11.8 Å².